The number of aromatic nitrogens is 3. The van der Waals surface area contributed by atoms with E-state index in [1.54, 1.807) is 29.8 Å². The van der Waals surface area contributed by atoms with E-state index in [9.17, 15) is 14.9 Å². The number of aryl methyl sites for hydroxylation is 1. The number of thiophene rings is 1. The number of methoxy groups -OCH3 is 2. The molecule has 0 fully saturated rings. The van der Waals surface area contributed by atoms with Crippen molar-refractivity contribution in [3.05, 3.63) is 45.6 Å². The van der Waals surface area contributed by atoms with Crippen molar-refractivity contribution >= 4 is 39.9 Å². The zero-order valence-corrected chi connectivity index (χ0v) is 21.8. The van der Waals surface area contributed by atoms with Crippen molar-refractivity contribution in [2.24, 2.45) is 7.05 Å². The predicted molar refractivity (Wildman–Crippen MR) is 137 cm³/mol. The number of benzene rings is 1. The zero-order valence-electron chi connectivity index (χ0n) is 20.2. The van der Waals surface area contributed by atoms with Crippen LogP contribution in [0.15, 0.2) is 23.4 Å². The second-order valence-electron chi connectivity index (χ2n) is 8.07. The van der Waals surface area contributed by atoms with Gasteiger partial charge in [-0.25, -0.2) is 0 Å². The van der Waals surface area contributed by atoms with Crippen LogP contribution in [0.25, 0.3) is 0 Å². The molecule has 188 valence electrons. The minimum absolute atomic E-state index is 0.122. The maximum atomic E-state index is 12.6. The number of carbonyl (C=O) groups is 2. The molecule has 4 rings (SSSR count). The first-order valence-electron chi connectivity index (χ1n) is 11.3. The lowest BCUT2D eigenvalue weighted by Gasteiger charge is -2.10. The highest BCUT2D eigenvalue weighted by molar-refractivity contribution is 7.99. The quantitative estimate of drug-likeness (QED) is 0.406. The second kappa shape index (κ2) is 11.5. The summed E-state index contributed by atoms with van der Waals surface area (Å²) in [6.07, 6.45) is 4.04. The molecule has 0 bridgehead atoms. The minimum atomic E-state index is -0.292. The standard InChI is InChI=1S/C24H26N6O4S2/c1-30-20(12-26-22(32)14-8-9-17(33-2)18(10-14)34-3)28-29-24(30)35-13-21(31)27-23-16(11-25)15-6-4-5-7-19(15)36-23/h8-10H,4-7,12-13H2,1-3H3,(H,26,32)(H,27,31). The summed E-state index contributed by atoms with van der Waals surface area (Å²) in [5.41, 5.74) is 2.11. The first kappa shape index (κ1) is 25.5. The zero-order chi connectivity index (χ0) is 25.7. The van der Waals surface area contributed by atoms with E-state index >= 15 is 0 Å². The Morgan fingerprint density at radius 2 is 1.97 bits per heavy atom. The number of hydrogen-bond donors (Lipinski definition) is 2. The molecule has 0 spiro atoms. The third kappa shape index (κ3) is 5.47. The van der Waals surface area contributed by atoms with Gasteiger partial charge < -0.3 is 24.7 Å². The normalized spacial score (nSPS) is 12.4. The van der Waals surface area contributed by atoms with Crippen LogP contribution in [-0.4, -0.2) is 46.6 Å². The van der Waals surface area contributed by atoms with Gasteiger partial charge in [-0.1, -0.05) is 11.8 Å². The fourth-order valence-electron chi connectivity index (χ4n) is 3.93. The van der Waals surface area contributed by atoms with Gasteiger partial charge in [-0.05, 0) is 49.4 Å². The summed E-state index contributed by atoms with van der Waals surface area (Å²) in [6.45, 7) is 0.162. The van der Waals surface area contributed by atoms with Gasteiger partial charge in [-0.2, -0.15) is 5.26 Å². The first-order chi connectivity index (χ1) is 17.4. The Kier molecular flexibility index (Phi) is 8.12. The Morgan fingerprint density at radius 1 is 1.19 bits per heavy atom. The number of carbonyl (C=O) groups excluding carboxylic acids is 2. The molecule has 36 heavy (non-hydrogen) atoms. The lowest BCUT2D eigenvalue weighted by atomic mass is 9.96. The predicted octanol–water partition coefficient (Wildman–Crippen LogP) is 3.31. The van der Waals surface area contributed by atoms with E-state index in [1.807, 2.05) is 0 Å². The van der Waals surface area contributed by atoms with E-state index in [4.69, 9.17) is 9.47 Å². The van der Waals surface area contributed by atoms with Crippen LogP contribution >= 0.6 is 23.1 Å². The highest BCUT2D eigenvalue weighted by atomic mass is 32.2. The average Bonchev–Trinajstić information content (AvgIpc) is 3.44. The van der Waals surface area contributed by atoms with Gasteiger partial charge in [-0.15, -0.1) is 21.5 Å². The van der Waals surface area contributed by atoms with Gasteiger partial charge in [-0.3, -0.25) is 9.59 Å². The van der Waals surface area contributed by atoms with E-state index in [0.29, 0.717) is 38.6 Å². The Balaban J connectivity index is 1.32. The Bertz CT molecular complexity index is 1330. The maximum absolute atomic E-state index is 12.6. The summed E-state index contributed by atoms with van der Waals surface area (Å²) in [7, 11) is 4.82. The van der Waals surface area contributed by atoms with Crippen LogP contribution in [0.5, 0.6) is 11.5 Å². The van der Waals surface area contributed by atoms with E-state index in [1.165, 1.54) is 42.2 Å². The smallest absolute Gasteiger partial charge is 0.251 e. The van der Waals surface area contributed by atoms with Gasteiger partial charge in [0.15, 0.2) is 22.5 Å². The number of rotatable bonds is 9. The number of nitrogens with one attached hydrogen (secondary N) is 2. The molecular weight excluding hydrogens is 500 g/mol. The first-order valence-corrected chi connectivity index (χ1v) is 13.1. The number of fused-ring (bicyclic) bond motifs is 1. The van der Waals surface area contributed by atoms with Crippen LogP contribution in [-0.2, 0) is 31.2 Å². The van der Waals surface area contributed by atoms with E-state index < -0.39 is 0 Å². The molecule has 1 aromatic carbocycles. The molecule has 2 amide bonds. The Hall–Kier alpha value is -3.56. The summed E-state index contributed by atoms with van der Waals surface area (Å²) in [5.74, 6) is 1.17. The van der Waals surface area contributed by atoms with E-state index in [2.05, 4.69) is 26.9 Å². The van der Waals surface area contributed by atoms with Crippen molar-refractivity contribution in [3.8, 4) is 17.6 Å². The minimum Gasteiger partial charge on any atom is -0.493 e. The number of hydrogen-bond acceptors (Lipinski definition) is 9. The number of thioether (sulfide) groups is 1. The van der Waals surface area contributed by atoms with Crippen molar-refractivity contribution in [1.82, 2.24) is 20.1 Å². The lowest BCUT2D eigenvalue weighted by molar-refractivity contribution is -0.113. The highest BCUT2D eigenvalue weighted by Crippen LogP contribution is 2.37. The van der Waals surface area contributed by atoms with Crippen molar-refractivity contribution < 1.29 is 19.1 Å². The average molecular weight is 527 g/mol. The van der Waals surface area contributed by atoms with Gasteiger partial charge >= 0.3 is 0 Å². The van der Waals surface area contributed by atoms with Crippen molar-refractivity contribution in [2.45, 2.75) is 37.4 Å². The fraction of sp³-hybridized carbons (Fsp3) is 0.375. The highest BCUT2D eigenvalue weighted by Gasteiger charge is 2.22. The molecule has 1 aliphatic carbocycles. The molecule has 0 saturated carbocycles. The van der Waals surface area contributed by atoms with Gasteiger partial charge in [0.05, 0.1) is 32.1 Å². The molecule has 10 nitrogen and oxygen atoms in total. The van der Waals surface area contributed by atoms with Gasteiger partial charge in [0, 0.05) is 17.5 Å². The molecule has 0 atom stereocenters. The molecule has 3 aromatic rings. The van der Waals surface area contributed by atoms with Crippen molar-refractivity contribution in [1.29, 1.82) is 5.26 Å². The number of nitrogens with zero attached hydrogens (tertiary/aromatic N) is 4. The van der Waals surface area contributed by atoms with Crippen LogP contribution in [0.3, 0.4) is 0 Å². The number of amides is 2. The van der Waals surface area contributed by atoms with Crippen LogP contribution in [0.1, 0.15) is 45.0 Å². The monoisotopic (exact) mass is 526 g/mol. The topological polar surface area (TPSA) is 131 Å². The molecule has 2 aromatic heterocycles. The van der Waals surface area contributed by atoms with Crippen LogP contribution in [0.2, 0.25) is 0 Å². The molecule has 2 N–H and O–H groups in total. The SMILES string of the molecule is COc1ccc(C(=O)NCc2nnc(SCC(=O)Nc3sc4c(c3C#N)CCCC4)n2C)cc1OC. The Labute approximate surface area is 217 Å². The summed E-state index contributed by atoms with van der Waals surface area (Å²) >= 11 is 2.74. The summed E-state index contributed by atoms with van der Waals surface area (Å²) in [6, 6.07) is 7.18. The molecule has 0 aliphatic heterocycles. The third-order valence-corrected chi connectivity index (χ3v) is 8.07. The summed E-state index contributed by atoms with van der Waals surface area (Å²) in [5, 5.41) is 24.7. The second-order valence-corrected chi connectivity index (χ2v) is 10.1. The molecule has 0 unspecified atom stereocenters. The number of nitriles is 1. The molecule has 12 heteroatoms. The van der Waals surface area contributed by atoms with Crippen LogP contribution < -0.4 is 20.1 Å². The molecule has 0 radical (unpaired) electrons. The maximum Gasteiger partial charge on any atom is 0.251 e. The van der Waals surface area contributed by atoms with Crippen molar-refractivity contribution in [3.63, 3.8) is 0 Å². The van der Waals surface area contributed by atoms with E-state index in [0.717, 1.165) is 31.2 Å². The molecule has 0 saturated heterocycles. The largest absolute Gasteiger partial charge is 0.493 e. The Morgan fingerprint density at radius 3 is 2.72 bits per heavy atom. The van der Waals surface area contributed by atoms with Gasteiger partial charge in [0.1, 0.15) is 11.1 Å². The van der Waals surface area contributed by atoms with Crippen LogP contribution in [0, 0.1) is 11.3 Å². The molecule has 1 aliphatic rings. The third-order valence-electron chi connectivity index (χ3n) is 5.85. The lowest BCUT2D eigenvalue weighted by Crippen LogP contribution is -2.24. The number of anilines is 1. The van der Waals surface area contributed by atoms with Crippen LogP contribution in [0.4, 0.5) is 5.00 Å². The van der Waals surface area contributed by atoms with Crippen molar-refractivity contribution in [2.75, 3.05) is 25.3 Å². The number of ether oxygens (including phenoxy) is 2. The fourth-order valence-corrected chi connectivity index (χ4v) is 5.91. The molecular formula is C24H26N6O4S2. The summed E-state index contributed by atoms with van der Waals surface area (Å²) < 4.78 is 12.2. The van der Waals surface area contributed by atoms with Gasteiger partial charge in [0.2, 0.25) is 5.91 Å². The molecule has 2 heterocycles. The van der Waals surface area contributed by atoms with Gasteiger partial charge in [0.25, 0.3) is 5.91 Å². The van der Waals surface area contributed by atoms with E-state index in [-0.39, 0.29) is 24.1 Å². The summed E-state index contributed by atoms with van der Waals surface area (Å²) in [4.78, 5) is 26.4.